The summed E-state index contributed by atoms with van der Waals surface area (Å²) in [6.45, 7) is 3.48. The minimum Gasteiger partial charge on any atom is -0.459 e. The Bertz CT molecular complexity index is 1690. The lowest BCUT2D eigenvalue weighted by Crippen LogP contribution is -2.32. The number of nitrogens with zero attached hydrogens (tertiary/aromatic N) is 1. The van der Waals surface area contributed by atoms with Gasteiger partial charge in [0.25, 0.3) is 17.7 Å². The molecule has 0 aliphatic carbocycles. The molecule has 2 N–H and O–H groups in total. The first-order chi connectivity index (χ1) is 19.2. The molecule has 0 radical (unpaired) electrons. The number of amides is 3. The summed E-state index contributed by atoms with van der Waals surface area (Å²) in [4.78, 5) is 52.2. The van der Waals surface area contributed by atoms with Crippen LogP contribution in [0.5, 0.6) is 0 Å². The highest BCUT2D eigenvalue weighted by atomic mass is 35.5. The van der Waals surface area contributed by atoms with Crippen molar-refractivity contribution in [2.24, 2.45) is 0 Å². The molecule has 4 aromatic rings. The highest BCUT2D eigenvalue weighted by Crippen LogP contribution is 2.31. The molecular formula is C31H24ClN3O5. The van der Waals surface area contributed by atoms with Gasteiger partial charge in [-0.2, -0.15) is 0 Å². The zero-order valence-electron chi connectivity index (χ0n) is 21.6. The van der Waals surface area contributed by atoms with Gasteiger partial charge in [-0.05, 0) is 67.8 Å². The van der Waals surface area contributed by atoms with Crippen molar-refractivity contribution in [1.29, 1.82) is 0 Å². The zero-order chi connectivity index (χ0) is 28.4. The van der Waals surface area contributed by atoms with Crippen LogP contribution >= 0.6 is 11.6 Å². The number of hydrogen-bond donors (Lipinski definition) is 2. The average Bonchev–Trinajstić information content (AvgIpc) is 3.16. The molecule has 0 saturated heterocycles. The summed E-state index contributed by atoms with van der Waals surface area (Å²) >= 11 is 6.27. The standard InChI is InChI=1S/C31H24ClN3O5/c1-18(2)40-31(39)20-13-15-23(16-14-20)35-29(37)26(32)27(30(35)38)33-22-10-5-9-21(17-22)28(36)34-25-12-6-8-19-7-3-4-11-24(19)25/h3-18,33H,1-2H3,(H,34,36). The van der Waals surface area contributed by atoms with Gasteiger partial charge in [0.1, 0.15) is 10.7 Å². The van der Waals surface area contributed by atoms with Gasteiger partial charge in [-0.1, -0.05) is 54.1 Å². The van der Waals surface area contributed by atoms with Crippen molar-refractivity contribution in [1.82, 2.24) is 0 Å². The third-order valence-corrected chi connectivity index (χ3v) is 6.51. The predicted molar refractivity (Wildman–Crippen MR) is 154 cm³/mol. The largest absolute Gasteiger partial charge is 0.459 e. The molecule has 200 valence electrons. The molecule has 0 saturated carbocycles. The Morgan fingerprint density at radius 1 is 0.825 bits per heavy atom. The van der Waals surface area contributed by atoms with Crippen molar-refractivity contribution < 1.29 is 23.9 Å². The van der Waals surface area contributed by atoms with E-state index in [4.69, 9.17) is 16.3 Å². The number of halogens is 1. The minimum absolute atomic E-state index is 0.124. The Kier molecular flexibility index (Phi) is 7.35. The first kappa shape index (κ1) is 26.6. The molecule has 1 aliphatic heterocycles. The molecular weight excluding hydrogens is 530 g/mol. The topological polar surface area (TPSA) is 105 Å². The monoisotopic (exact) mass is 553 g/mol. The zero-order valence-corrected chi connectivity index (χ0v) is 22.4. The highest BCUT2D eigenvalue weighted by molar-refractivity contribution is 6.53. The van der Waals surface area contributed by atoms with Crippen molar-refractivity contribution >= 4 is 63.1 Å². The fourth-order valence-electron chi connectivity index (χ4n) is 4.29. The van der Waals surface area contributed by atoms with Gasteiger partial charge >= 0.3 is 5.97 Å². The van der Waals surface area contributed by atoms with E-state index in [9.17, 15) is 19.2 Å². The van der Waals surface area contributed by atoms with E-state index in [1.54, 1.807) is 38.1 Å². The molecule has 5 rings (SSSR count). The van der Waals surface area contributed by atoms with Crippen LogP contribution in [0.3, 0.4) is 0 Å². The lowest BCUT2D eigenvalue weighted by molar-refractivity contribution is -0.120. The van der Waals surface area contributed by atoms with E-state index in [2.05, 4.69) is 10.6 Å². The normalized spacial score (nSPS) is 13.2. The van der Waals surface area contributed by atoms with Crippen LogP contribution in [0.2, 0.25) is 0 Å². The van der Waals surface area contributed by atoms with Gasteiger partial charge in [0.05, 0.1) is 17.4 Å². The number of imide groups is 1. The number of anilines is 3. The van der Waals surface area contributed by atoms with Gasteiger partial charge in [-0.25, -0.2) is 9.69 Å². The second kappa shape index (κ2) is 11.0. The van der Waals surface area contributed by atoms with Gasteiger partial charge in [0.2, 0.25) is 0 Å². The van der Waals surface area contributed by atoms with Gasteiger partial charge in [0, 0.05) is 22.3 Å². The molecule has 9 heteroatoms. The van der Waals surface area contributed by atoms with Gasteiger partial charge < -0.3 is 15.4 Å². The third-order valence-electron chi connectivity index (χ3n) is 6.16. The third kappa shape index (κ3) is 5.30. The summed E-state index contributed by atoms with van der Waals surface area (Å²) in [5.41, 5.74) is 1.81. The maximum absolute atomic E-state index is 13.2. The maximum atomic E-state index is 13.2. The van der Waals surface area contributed by atoms with Crippen LogP contribution in [0.15, 0.2) is 102 Å². The Labute approximate surface area is 235 Å². The number of carbonyl (C=O) groups is 4. The van der Waals surface area contributed by atoms with Gasteiger partial charge in [0.15, 0.2) is 0 Å². The van der Waals surface area contributed by atoms with Gasteiger partial charge in [-0.15, -0.1) is 0 Å². The minimum atomic E-state index is -0.712. The summed E-state index contributed by atoms with van der Waals surface area (Å²) in [5, 5.41) is 7.43. The second-order valence-corrected chi connectivity index (χ2v) is 9.70. The number of nitrogens with one attached hydrogen (secondary N) is 2. The van der Waals surface area contributed by atoms with Crippen molar-refractivity contribution in [3.63, 3.8) is 0 Å². The van der Waals surface area contributed by atoms with E-state index in [0.29, 0.717) is 16.9 Å². The Morgan fingerprint density at radius 3 is 2.27 bits per heavy atom. The van der Waals surface area contributed by atoms with E-state index in [1.165, 1.54) is 24.3 Å². The van der Waals surface area contributed by atoms with Crippen LogP contribution in [-0.2, 0) is 14.3 Å². The molecule has 40 heavy (non-hydrogen) atoms. The van der Waals surface area contributed by atoms with Crippen molar-refractivity contribution in [2.75, 3.05) is 15.5 Å². The predicted octanol–water partition coefficient (Wildman–Crippen LogP) is 6.09. The Hall–Kier alpha value is -4.95. The number of esters is 1. The molecule has 0 unspecified atom stereocenters. The van der Waals surface area contributed by atoms with Crippen LogP contribution in [0, 0.1) is 0 Å². The molecule has 3 amide bonds. The number of benzene rings is 4. The number of ether oxygens (including phenoxy) is 1. The molecule has 8 nitrogen and oxygen atoms in total. The first-order valence-corrected chi connectivity index (χ1v) is 12.9. The van der Waals surface area contributed by atoms with Crippen molar-refractivity contribution in [3.8, 4) is 0 Å². The summed E-state index contributed by atoms with van der Waals surface area (Å²) in [6, 6.07) is 25.8. The molecule has 1 heterocycles. The molecule has 0 atom stereocenters. The summed E-state index contributed by atoms with van der Waals surface area (Å²) in [7, 11) is 0. The van der Waals surface area contributed by atoms with Crippen molar-refractivity contribution in [3.05, 3.63) is 113 Å². The fourth-order valence-corrected chi connectivity index (χ4v) is 4.50. The van der Waals surface area contributed by atoms with E-state index in [1.807, 2.05) is 42.5 Å². The smallest absolute Gasteiger partial charge is 0.338 e. The number of hydrogen-bond acceptors (Lipinski definition) is 6. The molecule has 0 spiro atoms. The lowest BCUT2D eigenvalue weighted by Gasteiger charge is -2.16. The molecule has 1 aliphatic rings. The Morgan fingerprint density at radius 2 is 1.52 bits per heavy atom. The summed E-state index contributed by atoms with van der Waals surface area (Å²) in [6.07, 6.45) is -0.284. The Balaban J connectivity index is 1.32. The first-order valence-electron chi connectivity index (χ1n) is 12.5. The van der Waals surface area contributed by atoms with E-state index in [-0.39, 0.29) is 34.0 Å². The quantitative estimate of drug-likeness (QED) is 0.212. The summed E-state index contributed by atoms with van der Waals surface area (Å²) < 4.78 is 5.17. The van der Waals surface area contributed by atoms with Crippen LogP contribution in [-0.4, -0.2) is 29.8 Å². The van der Waals surface area contributed by atoms with E-state index >= 15 is 0 Å². The molecule has 4 aromatic carbocycles. The molecule has 0 fully saturated rings. The lowest BCUT2D eigenvalue weighted by atomic mass is 10.1. The molecule has 0 bridgehead atoms. The number of carbonyl (C=O) groups excluding carboxylic acids is 4. The van der Waals surface area contributed by atoms with Crippen molar-refractivity contribution in [2.45, 2.75) is 20.0 Å². The summed E-state index contributed by atoms with van der Waals surface area (Å²) in [5.74, 6) is -2.23. The van der Waals surface area contributed by atoms with E-state index < -0.39 is 17.8 Å². The highest BCUT2D eigenvalue weighted by Gasteiger charge is 2.39. The molecule has 0 aromatic heterocycles. The van der Waals surface area contributed by atoms with Gasteiger partial charge in [-0.3, -0.25) is 14.4 Å². The number of fused-ring (bicyclic) bond motifs is 1. The number of rotatable bonds is 7. The maximum Gasteiger partial charge on any atom is 0.338 e. The second-order valence-electron chi connectivity index (χ2n) is 9.32. The van der Waals surface area contributed by atoms with Crippen LogP contribution in [0.25, 0.3) is 10.8 Å². The SMILES string of the molecule is CC(C)OC(=O)c1ccc(N2C(=O)C(Cl)=C(Nc3cccc(C(=O)Nc4cccc5ccccc45)c3)C2=O)cc1. The van der Waals surface area contributed by atoms with Crippen LogP contribution in [0.4, 0.5) is 17.1 Å². The fraction of sp³-hybridized carbons (Fsp3) is 0.0968. The average molecular weight is 554 g/mol. The van der Waals surface area contributed by atoms with Crippen LogP contribution in [0.1, 0.15) is 34.6 Å². The van der Waals surface area contributed by atoms with Crippen LogP contribution < -0.4 is 15.5 Å². The van der Waals surface area contributed by atoms with E-state index in [0.717, 1.165) is 15.7 Å².